The lowest BCUT2D eigenvalue weighted by molar-refractivity contribution is 0.323. The van der Waals surface area contributed by atoms with E-state index < -0.39 is 5.66 Å². The Balaban J connectivity index is 2.09. The molecule has 1 unspecified atom stereocenters. The number of nitrogens with zero attached hydrogens (tertiary/aromatic N) is 2. The number of aliphatic imine (C=N–C) groups is 1. The fourth-order valence-corrected chi connectivity index (χ4v) is 2.53. The molecule has 0 aliphatic carbocycles. The third-order valence-corrected chi connectivity index (χ3v) is 3.77. The first kappa shape index (κ1) is 15.9. The second-order valence-corrected chi connectivity index (χ2v) is 5.27. The molecule has 2 heterocycles. The van der Waals surface area contributed by atoms with Crippen molar-refractivity contribution in [3.63, 3.8) is 0 Å². The summed E-state index contributed by atoms with van der Waals surface area (Å²) in [5.74, 6) is 2.37. The van der Waals surface area contributed by atoms with Crippen LogP contribution in [0.3, 0.4) is 0 Å². The predicted octanol–water partition coefficient (Wildman–Crippen LogP) is 1.63. The van der Waals surface area contributed by atoms with E-state index >= 15 is 0 Å². The van der Waals surface area contributed by atoms with Gasteiger partial charge in [0.05, 0.1) is 21.3 Å². The maximum absolute atomic E-state index is 6.49. The Labute approximate surface area is 139 Å². The zero-order chi connectivity index (χ0) is 17.3. The number of aromatic nitrogens is 1. The molecule has 5 N–H and O–H groups in total. The van der Waals surface area contributed by atoms with Gasteiger partial charge in [-0.15, -0.1) is 0 Å². The van der Waals surface area contributed by atoms with Crippen LogP contribution < -0.4 is 31.0 Å². The number of pyridine rings is 1. The van der Waals surface area contributed by atoms with E-state index in [1.165, 1.54) is 0 Å². The van der Waals surface area contributed by atoms with Crippen molar-refractivity contribution >= 4 is 23.5 Å². The van der Waals surface area contributed by atoms with Crippen molar-refractivity contribution in [2.45, 2.75) is 5.66 Å². The molecule has 0 radical (unpaired) electrons. The molecule has 1 aliphatic heterocycles. The first-order chi connectivity index (χ1) is 11.5. The van der Waals surface area contributed by atoms with Gasteiger partial charge < -0.3 is 31.0 Å². The summed E-state index contributed by atoms with van der Waals surface area (Å²) in [6, 6.07) is 6.98. The standard InChI is InChI=1S/C16H19N5O3/c1-22-11-6-9(7-12(23-2)14(11)24-3)16(18)8-19-10-4-5-13(17)20-15(10)21-16/h4-8H,18H2,1-3H3,(H3,17,20,21). The van der Waals surface area contributed by atoms with E-state index in [1.54, 1.807) is 51.8 Å². The van der Waals surface area contributed by atoms with Crippen LogP contribution in [0.15, 0.2) is 29.3 Å². The van der Waals surface area contributed by atoms with Crippen LogP contribution in [0.2, 0.25) is 0 Å². The first-order valence-electron chi connectivity index (χ1n) is 7.20. The van der Waals surface area contributed by atoms with Crippen LogP contribution in [-0.2, 0) is 5.66 Å². The number of nitrogens with one attached hydrogen (secondary N) is 1. The number of methoxy groups -OCH3 is 3. The Hall–Kier alpha value is -3.00. The highest BCUT2D eigenvalue weighted by molar-refractivity contribution is 5.86. The smallest absolute Gasteiger partial charge is 0.203 e. The van der Waals surface area contributed by atoms with Crippen LogP contribution in [-0.4, -0.2) is 32.5 Å². The average Bonchev–Trinajstić information content (AvgIpc) is 2.59. The van der Waals surface area contributed by atoms with Gasteiger partial charge in [0.1, 0.15) is 11.5 Å². The third-order valence-electron chi connectivity index (χ3n) is 3.77. The highest BCUT2D eigenvalue weighted by atomic mass is 16.5. The van der Waals surface area contributed by atoms with Crippen LogP contribution in [0.4, 0.5) is 17.3 Å². The van der Waals surface area contributed by atoms with Crippen molar-refractivity contribution in [1.82, 2.24) is 4.98 Å². The molecule has 3 rings (SSSR count). The van der Waals surface area contributed by atoms with Crippen LogP contribution in [0.5, 0.6) is 17.2 Å². The Morgan fingerprint density at radius 3 is 2.29 bits per heavy atom. The molecule has 24 heavy (non-hydrogen) atoms. The normalized spacial score (nSPS) is 18.5. The number of ether oxygens (including phenoxy) is 3. The van der Waals surface area contributed by atoms with Crippen LogP contribution in [0, 0.1) is 0 Å². The number of benzene rings is 1. The summed E-state index contributed by atoms with van der Waals surface area (Å²) in [6.45, 7) is 0. The Morgan fingerprint density at radius 1 is 1.04 bits per heavy atom. The number of hydrogen-bond acceptors (Lipinski definition) is 8. The second-order valence-electron chi connectivity index (χ2n) is 5.27. The molecular weight excluding hydrogens is 310 g/mol. The largest absolute Gasteiger partial charge is 0.493 e. The van der Waals surface area contributed by atoms with E-state index in [1.807, 2.05) is 0 Å². The Kier molecular flexibility index (Phi) is 3.90. The molecule has 1 atom stereocenters. The van der Waals surface area contributed by atoms with E-state index in [0.29, 0.717) is 40.1 Å². The number of nitrogen functional groups attached to an aromatic ring is 1. The van der Waals surface area contributed by atoms with Crippen molar-refractivity contribution in [1.29, 1.82) is 0 Å². The van der Waals surface area contributed by atoms with Gasteiger partial charge in [-0.1, -0.05) is 0 Å². The van der Waals surface area contributed by atoms with E-state index in [9.17, 15) is 0 Å². The lowest BCUT2D eigenvalue weighted by Gasteiger charge is -2.32. The first-order valence-corrected chi connectivity index (χ1v) is 7.20. The van der Waals surface area contributed by atoms with Gasteiger partial charge in [0, 0.05) is 11.8 Å². The fourth-order valence-electron chi connectivity index (χ4n) is 2.53. The molecule has 0 saturated carbocycles. The van der Waals surface area contributed by atoms with E-state index in [4.69, 9.17) is 25.7 Å². The van der Waals surface area contributed by atoms with Crippen molar-refractivity contribution in [2.24, 2.45) is 10.7 Å². The second kappa shape index (κ2) is 5.89. The number of hydrogen-bond donors (Lipinski definition) is 3. The minimum absolute atomic E-state index is 0.380. The van der Waals surface area contributed by atoms with Gasteiger partial charge in [-0.05, 0) is 24.3 Å². The van der Waals surface area contributed by atoms with Gasteiger partial charge >= 0.3 is 0 Å². The summed E-state index contributed by atoms with van der Waals surface area (Å²) in [6.07, 6.45) is 1.61. The minimum Gasteiger partial charge on any atom is -0.493 e. The Morgan fingerprint density at radius 2 is 1.71 bits per heavy atom. The number of fused-ring (bicyclic) bond motifs is 1. The van der Waals surface area contributed by atoms with Gasteiger partial charge in [-0.3, -0.25) is 4.99 Å². The average molecular weight is 329 g/mol. The summed E-state index contributed by atoms with van der Waals surface area (Å²) >= 11 is 0. The van der Waals surface area contributed by atoms with Gasteiger partial charge in [0.15, 0.2) is 23.0 Å². The highest BCUT2D eigenvalue weighted by Gasteiger charge is 2.32. The summed E-state index contributed by atoms with van der Waals surface area (Å²) in [5, 5.41) is 3.16. The zero-order valence-electron chi connectivity index (χ0n) is 13.7. The summed E-state index contributed by atoms with van der Waals surface area (Å²) in [4.78, 5) is 8.61. The maximum atomic E-state index is 6.49. The van der Waals surface area contributed by atoms with Gasteiger partial charge in [0.2, 0.25) is 5.75 Å². The van der Waals surface area contributed by atoms with Crippen molar-refractivity contribution in [3.05, 3.63) is 29.8 Å². The molecule has 1 aromatic heterocycles. The molecule has 2 aromatic rings. The van der Waals surface area contributed by atoms with Gasteiger partial charge in [-0.25, -0.2) is 4.98 Å². The predicted molar refractivity (Wildman–Crippen MR) is 92.4 cm³/mol. The summed E-state index contributed by atoms with van der Waals surface area (Å²) in [5.41, 5.74) is 12.5. The Bertz CT molecular complexity index is 783. The molecule has 8 heteroatoms. The monoisotopic (exact) mass is 329 g/mol. The molecular formula is C16H19N5O3. The number of nitrogens with two attached hydrogens (primary N) is 2. The number of rotatable bonds is 4. The number of anilines is 2. The SMILES string of the molecule is COc1cc(C2(N)C=Nc3ccc(N)nc3N2)cc(OC)c1OC. The van der Waals surface area contributed by atoms with Crippen LogP contribution >= 0.6 is 0 Å². The highest BCUT2D eigenvalue weighted by Crippen LogP contribution is 2.41. The van der Waals surface area contributed by atoms with Crippen molar-refractivity contribution < 1.29 is 14.2 Å². The van der Waals surface area contributed by atoms with E-state index in [0.717, 1.165) is 0 Å². The molecule has 1 aromatic carbocycles. The van der Waals surface area contributed by atoms with Gasteiger partial charge in [-0.2, -0.15) is 0 Å². The van der Waals surface area contributed by atoms with Crippen molar-refractivity contribution in [2.75, 3.05) is 32.4 Å². The maximum Gasteiger partial charge on any atom is 0.203 e. The molecule has 0 spiro atoms. The van der Waals surface area contributed by atoms with E-state index in [2.05, 4.69) is 15.3 Å². The zero-order valence-corrected chi connectivity index (χ0v) is 13.7. The van der Waals surface area contributed by atoms with E-state index in [-0.39, 0.29) is 0 Å². The molecule has 0 fully saturated rings. The molecule has 0 bridgehead atoms. The lowest BCUT2D eigenvalue weighted by atomic mass is 9.99. The quantitative estimate of drug-likeness (QED) is 0.780. The molecule has 126 valence electrons. The molecule has 1 aliphatic rings. The van der Waals surface area contributed by atoms with Crippen LogP contribution in [0.25, 0.3) is 0 Å². The lowest BCUT2D eigenvalue weighted by Crippen LogP contribution is -2.47. The van der Waals surface area contributed by atoms with Crippen molar-refractivity contribution in [3.8, 4) is 17.2 Å². The van der Waals surface area contributed by atoms with Gasteiger partial charge in [0.25, 0.3) is 0 Å². The molecule has 8 nitrogen and oxygen atoms in total. The fraction of sp³-hybridized carbons (Fsp3) is 0.250. The minimum atomic E-state index is -1.10. The molecule has 0 saturated heterocycles. The van der Waals surface area contributed by atoms with Crippen LogP contribution in [0.1, 0.15) is 5.56 Å². The topological polar surface area (TPSA) is 117 Å². The third kappa shape index (κ3) is 2.56. The summed E-state index contributed by atoms with van der Waals surface area (Å²) < 4.78 is 16.1. The molecule has 0 amide bonds. The summed E-state index contributed by atoms with van der Waals surface area (Å²) in [7, 11) is 4.63.